The van der Waals surface area contributed by atoms with Crippen LogP contribution >= 0.6 is 0 Å². The Balaban J connectivity index is 2.48. The van der Waals surface area contributed by atoms with Crippen LogP contribution in [0.25, 0.3) is 0 Å². The first-order valence-corrected chi connectivity index (χ1v) is 9.02. The Morgan fingerprint density at radius 2 is 2.00 bits per heavy atom. The third-order valence-corrected chi connectivity index (χ3v) is 4.66. The van der Waals surface area contributed by atoms with E-state index in [1.807, 2.05) is 0 Å². The van der Waals surface area contributed by atoms with Crippen LogP contribution in [0.15, 0.2) is 0 Å². The minimum atomic E-state index is -3.26. The van der Waals surface area contributed by atoms with Gasteiger partial charge >= 0.3 is 12.0 Å². The van der Waals surface area contributed by atoms with Gasteiger partial charge in [-0.1, -0.05) is 13.8 Å². The Labute approximate surface area is 125 Å². The van der Waals surface area contributed by atoms with E-state index in [4.69, 9.17) is 5.11 Å². The van der Waals surface area contributed by atoms with Crippen molar-refractivity contribution in [1.82, 2.24) is 10.6 Å². The molecule has 0 aliphatic heterocycles. The summed E-state index contributed by atoms with van der Waals surface area (Å²) in [5.41, 5.74) is 0.181. The lowest BCUT2D eigenvalue weighted by atomic mass is 9.92. The number of carbonyl (C=O) groups excluding carboxylic acids is 1. The molecule has 7 nitrogen and oxygen atoms in total. The van der Waals surface area contributed by atoms with Crippen molar-refractivity contribution >= 4 is 21.8 Å². The average Bonchev–Trinajstić information content (AvgIpc) is 2.62. The fraction of sp³-hybridized carbons (Fsp3) is 0.846. The zero-order chi connectivity index (χ0) is 16.3. The number of carbonyl (C=O) groups is 2. The Morgan fingerprint density at radius 3 is 2.43 bits per heavy atom. The molecule has 1 rings (SSSR count). The molecule has 0 radical (unpaired) electrons. The van der Waals surface area contributed by atoms with Crippen LogP contribution in [0.5, 0.6) is 0 Å². The maximum Gasteiger partial charge on any atom is 0.326 e. The predicted octanol–water partition coefficient (Wildman–Crippen LogP) is 0.752. The zero-order valence-electron chi connectivity index (χ0n) is 12.7. The molecule has 0 aromatic heterocycles. The Hall–Kier alpha value is -1.31. The lowest BCUT2D eigenvalue weighted by Crippen LogP contribution is -2.49. The van der Waals surface area contributed by atoms with Crippen molar-refractivity contribution < 1.29 is 23.1 Å². The second-order valence-corrected chi connectivity index (χ2v) is 8.79. The zero-order valence-corrected chi connectivity index (χ0v) is 13.5. The van der Waals surface area contributed by atoms with Gasteiger partial charge in [-0.3, -0.25) is 0 Å². The molecular weight excluding hydrogens is 296 g/mol. The Bertz CT molecular complexity index is 501. The number of amides is 2. The fourth-order valence-corrected chi connectivity index (χ4v) is 3.20. The molecule has 0 spiro atoms. The third-order valence-electron chi connectivity index (χ3n) is 3.68. The molecule has 0 aromatic rings. The first kappa shape index (κ1) is 17.7. The van der Waals surface area contributed by atoms with E-state index in [0.29, 0.717) is 0 Å². The summed E-state index contributed by atoms with van der Waals surface area (Å²) in [6.07, 6.45) is 3.61. The molecule has 0 bridgehead atoms. The quantitative estimate of drug-likeness (QED) is 0.668. The van der Waals surface area contributed by atoms with Gasteiger partial charge in [0, 0.05) is 12.3 Å². The van der Waals surface area contributed by atoms with Crippen molar-refractivity contribution in [3.63, 3.8) is 0 Å². The van der Waals surface area contributed by atoms with Crippen LogP contribution in [0.3, 0.4) is 0 Å². The Morgan fingerprint density at radius 1 is 1.38 bits per heavy atom. The van der Waals surface area contributed by atoms with Crippen LogP contribution in [0.2, 0.25) is 0 Å². The van der Waals surface area contributed by atoms with E-state index in [0.717, 1.165) is 25.5 Å². The molecule has 2 unspecified atom stereocenters. The number of carboxylic acid groups (broad SMARTS) is 1. The number of nitrogens with one attached hydrogen (secondary N) is 2. The van der Waals surface area contributed by atoms with Gasteiger partial charge < -0.3 is 15.7 Å². The van der Waals surface area contributed by atoms with E-state index in [2.05, 4.69) is 24.5 Å². The van der Waals surface area contributed by atoms with Gasteiger partial charge in [-0.05, 0) is 31.1 Å². The highest BCUT2D eigenvalue weighted by atomic mass is 32.2. The predicted molar refractivity (Wildman–Crippen MR) is 78.8 cm³/mol. The molecule has 2 atom stereocenters. The monoisotopic (exact) mass is 320 g/mol. The summed E-state index contributed by atoms with van der Waals surface area (Å²) in [7, 11) is -3.26. The van der Waals surface area contributed by atoms with E-state index in [1.54, 1.807) is 0 Å². The van der Waals surface area contributed by atoms with Gasteiger partial charge in [0.25, 0.3) is 0 Å². The molecule has 1 aliphatic rings. The first-order valence-electron chi connectivity index (χ1n) is 6.96. The lowest BCUT2D eigenvalue weighted by molar-refractivity contribution is -0.139. The highest BCUT2D eigenvalue weighted by Gasteiger charge is 2.32. The summed E-state index contributed by atoms with van der Waals surface area (Å²) in [4.78, 5) is 22.9. The van der Waals surface area contributed by atoms with Crippen LogP contribution < -0.4 is 10.6 Å². The van der Waals surface area contributed by atoms with Gasteiger partial charge in [-0.25, -0.2) is 18.0 Å². The van der Waals surface area contributed by atoms with Crippen molar-refractivity contribution in [2.45, 2.75) is 51.6 Å². The SMILES string of the molecule is CC1(C)CCC(NC(=O)NC(CCS(C)(=O)=O)C(=O)O)C1. The number of aliphatic carboxylic acids is 1. The smallest absolute Gasteiger partial charge is 0.326 e. The van der Waals surface area contributed by atoms with Crippen LogP contribution in [0, 0.1) is 5.41 Å². The Kier molecular flexibility index (Phi) is 5.61. The number of urea groups is 1. The fourth-order valence-electron chi connectivity index (χ4n) is 2.53. The summed E-state index contributed by atoms with van der Waals surface area (Å²) in [6.45, 7) is 4.25. The molecule has 2 amide bonds. The normalized spacial score (nSPS) is 22.5. The summed E-state index contributed by atoms with van der Waals surface area (Å²) in [5.74, 6) is -1.51. The molecule has 8 heteroatoms. The number of rotatable bonds is 6. The van der Waals surface area contributed by atoms with Gasteiger partial charge in [0.2, 0.25) is 0 Å². The van der Waals surface area contributed by atoms with Crippen molar-refractivity contribution in [1.29, 1.82) is 0 Å². The molecule has 3 N–H and O–H groups in total. The molecular formula is C13H24N2O5S. The van der Waals surface area contributed by atoms with Gasteiger partial charge in [-0.15, -0.1) is 0 Å². The van der Waals surface area contributed by atoms with Crippen molar-refractivity contribution in [2.24, 2.45) is 5.41 Å². The summed E-state index contributed by atoms with van der Waals surface area (Å²) < 4.78 is 22.1. The number of hydrogen-bond donors (Lipinski definition) is 3. The van der Waals surface area contributed by atoms with E-state index >= 15 is 0 Å². The van der Waals surface area contributed by atoms with Crippen molar-refractivity contribution in [3.8, 4) is 0 Å². The molecule has 21 heavy (non-hydrogen) atoms. The minimum absolute atomic E-state index is 0.0318. The highest BCUT2D eigenvalue weighted by molar-refractivity contribution is 7.90. The molecule has 1 aliphatic carbocycles. The van der Waals surface area contributed by atoms with E-state index in [9.17, 15) is 18.0 Å². The molecule has 1 saturated carbocycles. The highest BCUT2D eigenvalue weighted by Crippen LogP contribution is 2.36. The second-order valence-electron chi connectivity index (χ2n) is 6.53. The third kappa shape index (κ3) is 6.79. The van der Waals surface area contributed by atoms with Gasteiger partial charge in [-0.2, -0.15) is 0 Å². The van der Waals surface area contributed by atoms with Crippen LogP contribution in [0.1, 0.15) is 39.5 Å². The van der Waals surface area contributed by atoms with Gasteiger partial charge in [0.15, 0.2) is 0 Å². The summed E-state index contributed by atoms with van der Waals surface area (Å²) in [6, 6.07) is -1.72. The molecule has 0 aromatic carbocycles. The standard InChI is InChI=1S/C13H24N2O5S/c1-13(2)6-4-9(8-13)14-12(18)15-10(11(16)17)5-7-21(3,19)20/h9-10H,4-8H2,1-3H3,(H,16,17)(H2,14,15,18). The van der Waals surface area contributed by atoms with Gasteiger partial charge in [0.05, 0.1) is 5.75 Å². The molecule has 122 valence electrons. The maximum atomic E-state index is 11.8. The van der Waals surface area contributed by atoms with Crippen molar-refractivity contribution in [2.75, 3.05) is 12.0 Å². The van der Waals surface area contributed by atoms with E-state index in [-0.39, 0.29) is 23.6 Å². The lowest BCUT2D eigenvalue weighted by Gasteiger charge is -2.19. The largest absolute Gasteiger partial charge is 0.480 e. The molecule has 1 fully saturated rings. The van der Waals surface area contributed by atoms with Gasteiger partial charge in [0.1, 0.15) is 15.9 Å². The summed E-state index contributed by atoms with van der Waals surface area (Å²) >= 11 is 0. The minimum Gasteiger partial charge on any atom is -0.480 e. The van der Waals surface area contributed by atoms with Crippen LogP contribution in [-0.2, 0) is 14.6 Å². The number of carboxylic acids is 1. The topological polar surface area (TPSA) is 113 Å². The van der Waals surface area contributed by atoms with Crippen LogP contribution in [0.4, 0.5) is 4.79 Å². The number of sulfone groups is 1. The van der Waals surface area contributed by atoms with Crippen LogP contribution in [-0.4, -0.2) is 49.6 Å². The van der Waals surface area contributed by atoms with E-state index < -0.39 is 27.9 Å². The maximum absolute atomic E-state index is 11.8. The first-order chi connectivity index (χ1) is 9.48. The van der Waals surface area contributed by atoms with Crippen molar-refractivity contribution in [3.05, 3.63) is 0 Å². The number of hydrogen-bond acceptors (Lipinski definition) is 4. The van der Waals surface area contributed by atoms with E-state index in [1.165, 1.54) is 0 Å². The molecule has 0 heterocycles. The summed E-state index contributed by atoms with van der Waals surface area (Å²) in [5, 5.41) is 14.1. The molecule has 0 saturated heterocycles. The second kappa shape index (κ2) is 6.64. The average molecular weight is 320 g/mol.